The van der Waals surface area contributed by atoms with Crippen molar-refractivity contribution in [1.29, 1.82) is 5.26 Å². The van der Waals surface area contributed by atoms with E-state index in [1.54, 1.807) is 19.2 Å². The van der Waals surface area contributed by atoms with Gasteiger partial charge in [0.05, 0.1) is 17.5 Å². The van der Waals surface area contributed by atoms with Gasteiger partial charge in [0.25, 0.3) is 5.56 Å². The van der Waals surface area contributed by atoms with Crippen LogP contribution in [0.4, 0.5) is 0 Å². The summed E-state index contributed by atoms with van der Waals surface area (Å²) in [5.74, 6) is 0.0979. The van der Waals surface area contributed by atoms with E-state index in [2.05, 4.69) is 0 Å². The van der Waals surface area contributed by atoms with Gasteiger partial charge in [0, 0.05) is 6.20 Å². The predicted molar refractivity (Wildman–Crippen MR) is 62.5 cm³/mol. The van der Waals surface area contributed by atoms with E-state index in [1.165, 1.54) is 4.57 Å². The van der Waals surface area contributed by atoms with Gasteiger partial charge < -0.3 is 4.57 Å². The summed E-state index contributed by atoms with van der Waals surface area (Å²) in [6.07, 6.45) is 2.01. The molecule has 1 unspecified atom stereocenters. The molecular formula is C11H12N2O3S. The number of rotatable bonds is 1. The van der Waals surface area contributed by atoms with E-state index in [4.69, 9.17) is 5.26 Å². The lowest BCUT2D eigenvalue weighted by molar-refractivity contribution is 0.536. The van der Waals surface area contributed by atoms with Crippen LogP contribution < -0.4 is 5.56 Å². The summed E-state index contributed by atoms with van der Waals surface area (Å²) in [5, 5.41) is 8.89. The van der Waals surface area contributed by atoms with E-state index in [0.29, 0.717) is 12.0 Å². The Bertz CT molecular complexity index is 652. The molecule has 5 nitrogen and oxygen atoms in total. The first-order valence-electron chi connectivity index (χ1n) is 5.27. The van der Waals surface area contributed by atoms with Crippen LogP contribution in [-0.4, -0.2) is 24.5 Å². The normalized spacial score (nSPS) is 22.2. The van der Waals surface area contributed by atoms with Crippen LogP contribution in [0.15, 0.2) is 17.1 Å². The Kier molecular flexibility index (Phi) is 2.79. The Balaban J connectivity index is 2.50. The largest absolute Gasteiger partial charge is 0.310 e. The highest BCUT2D eigenvalue weighted by atomic mass is 32.2. The van der Waals surface area contributed by atoms with Crippen LogP contribution in [0.2, 0.25) is 0 Å². The van der Waals surface area contributed by atoms with Gasteiger partial charge in [-0.3, -0.25) is 4.79 Å². The second-order valence-electron chi connectivity index (χ2n) is 4.25. The molecule has 0 bridgehead atoms. The third-order valence-corrected chi connectivity index (χ3v) is 4.79. The average Bonchev–Trinajstić information content (AvgIpc) is 2.59. The van der Waals surface area contributed by atoms with Crippen molar-refractivity contribution in [3.8, 4) is 6.07 Å². The van der Waals surface area contributed by atoms with Gasteiger partial charge in [-0.1, -0.05) is 0 Å². The molecule has 6 heteroatoms. The maximum Gasteiger partial charge on any atom is 0.269 e. The summed E-state index contributed by atoms with van der Waals surface area (Å²) < 4.78 is 24.1. The van der Waals surface area contributed by atoms with Gasteiger partial charge in [0.15, 0.2) is 9.84 Å². The van der Waals surface area contributed by atoms with E-state index in [-0.39, 0.29) is 23.1 Å². The van der Waals surface area contributed by atoms with Gasteiger partial charge in [0.1, 0.15) is 11.6 Å². The standard InChI is InChI=1S/C11H12N2O3S/c1-8-2-4-13(11(14)10(8)6-12)9-3-5-17(15,16)7-9/h2,4,9H,3,5,7H2,1H3. The summed E-state index contributed by atoms with van der Waals surface area (Å²) in [6.45, 7) is 1.69. The first-order valence-corrected chi connectivity index (χ1v) is 7.09. The fraction of sp³-hybridized carbons (Fsp3) is 0.455. The second-order valence-corrected chi connectivity index (χ2v) is 6.48. The van der Waals surface area contributed by atoms with Crippen molar-refractivity contribution in [3.05, 3.63) is 33.7 Å². The van der Waals surface area contributed by atoms with Gasteiger partial charge in [0.2, 0.25) is 0 Å². The van der Waals surface area contributed by atoms with Crippen LogP contribution >= 0.6 is 0 Å². The lowest BCUT2D eigenvalue weighted by atomic mass is 10.1. The highest BCUT2D eigenvalue weighted by molar-refractivity contribution is 7.91. The summed E-state index contributed by atoms with van der Waals surface area (Å²) in [7, 11) is -3.03. The molecule has 1 aromatic heterocycles. The molecule has 2 rings (SSSR count). The zero-order valence-electron chi connectivity index (χ0n) is 9.38. The highest BCUT2D eigenvalue weighted by Crippen LogP contribution is 2.22. The first-order chi connectivity index (χ1) is 7.94. The van der Waals surface area contributed by atoms with Gasteiger partial charge >= 0.3 is 0 Å². The minimum atomic E-state index is -3.03. The molecule has 1 atom stereocenters. The summed E-state index contributed by atoms with van der Waals surface area (Å²) >= 11 is 0. The van der Waals surface area contributed by atoms with Crippen molar-refractivity contribution in [3.63, 3.8) is 0 Å². The van der Waals surface area contributed by atoms with Crippen molar-refractivity contribution in [2.45, 2.75) is 19.4 Å². The van der Waals surface area contributed by atoms with Crippen LogP contribution in [0.3, 0.4) is 0 Å². The molecule has 1 fully saturated rings. The van der Waals surface area contributed by atoms with Gasteiger partial charge in [-0.25, -0.2) is 8.42 Å². The van der Waals surface area contributed by atoms with Crippen LogP contribution in [0.5, 0.6) is 0 Å². The van der Waals surface area contributed by atoms with Gasteiger partial charge in [-0.2, -0.15) is 5.26 Å². The number of hydrogen-bond acceptors (Lipinski definition) is 4. The predicted octanol–water partition coefficient (Wildman–Crippen LogP) is 0.388. The second kappa shape index (κ2) is 4.00. The molecule has 0 aliphatic carbocycles. The van der Waals surface area contributed by atoms with E-state index in [0.717, 1.165) is 0 Å². The number of nitrogens with zero attached hydrogens (tertiary/aromatic N) is 2. The van der Waals surface area contributed by atoms with E-state index < -0.39 is 15.4 Å². The van der Waals surface area contributed by atoms with Gasteiger partial charge in [-0.15, -0.1) is 0 Å². The van der Waals surface area contributed by atoms with Crippen LogP contribution in [0, 0.1) is 18.3 Å². The number of nitriles is 1. The molecular weight excluding hydrogens is 240 g/mol. The van der Waals surface area contributed by atoms with E-state index in [1.807, 2.05) is 6.07 Å². The molecule has 2 heterocycles. The van der Waals surface area contributed by atoms with Crippen LogP contribution in [-0.2, 0) is 9.84 Å². The Labute approximate surface area is 99.2 Å². The topological polar surface area (TPSA) is 79.9 Å². The fourth-order valence-corrected chi connectivity index (χ4v) is 3.77. The lowest BCUT2D eigenvalue weighted by Crippen LogP contribution is -2.27. The zero-order valence-corrected chi connectivity index (χ0v) is 10.2. The van der Waals surface area contributed by atoms with Crippen LogP contribution in [0.1, 0.15) is 23.6 Å². The van der Waals surface area contributed by atoms with Crippen LogP contribution in [0.25, 0.3) is 0 Å². The quantitative estimate of drug-likeness (QED) is 0.724. The maximum atomic E-state index is 12.0. The van der Waals surface area contributed by atoms with Crippen molar-refractivity contribution < 1.29 is 8.42 Å². The number of aryl methyl sites for hydroxylation is 1. The van der Waals surface area contributed by atoms with Crippen molar-refractivity contribution >= 4 is 9.84 Å². The molecule has 0 radical (unpaired) electrons. The molecule has 0 N–H and O–H groups in total. The SMILES string of the molecule is Cc1ccn(C2CCS(=O)(=O)C2)c(=O)c1C#N. The number of sulfone groups is 1. The third kappa shape index (κ3) is 2.11. The minimum absolute atomic E-state index is 0.0131. The molecule has 1 aromatic rings. The zero-order chi connectivity index (χ0) is 12.6. The molecule has 17 heavy (non-hydrogen) atoms. The van der Waals surface area contributed by atoms with Crippen molar-refractivity contribution in [2.75, 3.05) is 11.5 Å². The summed E-state index contributed by atoms with van der Waals surface area (Å²) in [4.78, 5) is 12.0. The molecule has 0 saturated carbocycles. The molecule has 1 aliphatic heterocycles. The number of aromatic nitrogens is 1. The Morgan fingerprint density at radius 2 is 2.24 bits per heavy atom. The molecule has 0 aromatic carbocycles. The molecule has 1 saturated heterocycles. The van der Waals surface area contributed by atoms with E-state index in [9.17, 15) is 13.2 Å². The van der Waals surface area contributed by atoms with Crippen molar-refractivity contribution in [1.82, 2.24) is 4.57 Å². The average molecular weight is 252 g/mol. The van der Waals surface area contributed by atoms with Gasteiger partial charge in [-0.05, 0) is 25.0 Å². The van der Waals surface area contributed by atoms with Crippen molar-refractivity contribution in [2.24, 2.45) is 0 Å². The number of hydrogen-bond donors (Lipinski definition) is 0. The monoisotopic (exact) mass is 252 g/mol. The summed E-state index contributed by atoms with van der Waals surface area (Å²) in [6, 6.07) is 3.20. The Morgan fingerprint density at radius 1 is 1.53 bits per heavy atom. The minimum Gasteiger partial charge on any atom is -0.310 e. The molecule has 0 spiro atoms. The maximum absolute atomic E-state index is 12.0. The molecule has 1 aliphatic rings. The highest BCUT2D eigenvalue weighted by Gasteiger charge is 2.30. The Hall–Kier alpha value is -1.61. The third-order valence-electron chi connectivity index (χ3n) is 3.04. The van der Waals surface area contributed by atoms with E-state index >= 15 is 0 Å². The fourth-order valence-electron chi connectivity index (χ4n) is 2.06. The number of pyridine rings is 1. The molecule has 90 valence electrons. The smallest absolute Gasteiger partial charge is 0.269 e. The first kappa shape index (κ1) is 11.9. The molecule has 0 amide bonds. The lowest BCUT2D eigenvalue weighted by Gasteiger charge is -2.12. The summed E-state index contributed by atoms with van der Waals surface area (Å²) in [5.41, 5.74) is 0.320. The Morgan fingerprint density at radius 3 is 2.76 bits per heavy atom.